The lowest BCUT2D eigenvalue weighted by molar-refractivity contribution is 0.108. The van der Waals surface area contributed by atoms with E-state index >= 15 is 0 Å². The Kier molecular flexibility index (Phi) is 3.71. The number of rotatable bonds is 3. The molecule has 0 spiro atoms. The molecule has 0 amide bonds. The summed E-state index contributed by atoms with van der Waals surface area (Å²) in [6, 6.07) is 14.4. The molecule has 3 heterocycles. The Labute approximate surface area is 126 Å². The largest absolute Gasteiger partial charge is 0.276 e. The van der Waals surface area contributed by atoms with Crippen molar-refractivity contribution in [1.82, 2.24) is 15.0 Å². The molecule has 0 N–H and O–H groups in total. The minimum Gasteiger partial charge on any atom is -0.276 e. The highest BCUT2D eigenvalue weighted by Crippen LogP contribution is 2.20. The van der Waals surface area contributed by atoms with E-state index in [0.717, 1.165) is 11.4 Å². The van der Waals surface area contributed by atoms with Gasteiger partial charge in [0, 0.05) is 18.0 Å². The minimum atomic E-state index is -0.514. The fraction of sp³-hybridized carbons (Fsp3) is 0. The van der Waals surface area contributed by atoms with E-state index in [-0.39, 0.29) is 0 Å². The molecule has 0 aliphatic rings. The van der Waals surface area contributed by atoms with Gasteiger partial charge in [-0.3, -0.25) is 14.8 Å². The van der Waals surface area contributed by atoms with Gasteiger partial charge >= 0.3 is 0 Å². The molecule has 0 aromatic carbocycles. The molecule has 0 bridgehead atoms. The summed E-state index contributed by atoms with van der Waals surface area (Å²) >= 11 is 5.49. The number of nitrogens with zero attached hydrogens (tertiary/aromatic N) is 3. The molecule has 3 aromatic rings. The molecule has 0 aliphatic heterocycles. The van der Waals surface area contributed by atoms with Gasteiger partial charge in [-0.2, -0.15) is 0 Å². The number of aromatic nitrogens is 3. The lowest BCUT2D eigenvalue weighted by Gasteiger charge is -2.04. The van der Waals surface area contributed by atoms with Crippen LogP contribution in [0.3, 0.4) is 0 Å². The second-order valence-electron chi connectivity index (χ2n) is 4.33. The topological polar surface area (TPSA) is 55.7 Å². The average Bonchev–Trinajstić information content (AvgIpc) is 2.56. The maximum absolute atomic E-state index is 11.2. The Morgan fingerprint density at radius 3 is 2.24 bits per heavy atom. The Balaban J connectivity index is 2.04. The van der Waals surface area contributed by atoms with Crippen molar-refractivity contribution in [3.05, 3.63) is 66.5 Å². The number of halogens is 1. The summed E-state index contributed by atoms with van der Waals surface area (Å²) in [5.41, 5.74) is 3.19. The summed E-state index contributed by atoms with van der Waals surface area (Å²) in [5.74, 6) is 0. The van der Waals surface area contributed by atoms with Crippen molar-refractivity contribution in [2.45, 2.75) is 0 Å². The van der Waals surface area contributed by atoms with E-state index < -0.39 is 5.24 Å². The number of carbonyl (C=O) groups excluding carboxylic acids is 1. The quantitative estimate of drug-likeness (QED) is 0.693. The van der Waals surface area contributed by atoms with Crippen LogP contribution >= 0.6 is 11.6 Å². The molecule has 3 rings (SSSR count). The van der Waals surface area contributed by atoms with Crippen LogP contribution < -0.4 is 0 Å². The van der Waals surface area contributed by atoms with Crippen molar-refractivity contribution in [3.8, 4) is 22.8 Å². The molecular weight excluding hydrogens is 286 g/mol. The standard InChI is InChI=1S/C16H10ClN3O/c17-16(21)11-7-9-19-15(10-11)14-6-3-5-13(20-14)12-4-1-2-8-18-12/h1-10H. The summed E-state index contributed by atoms with van der Waals surface area (Å²) in [6.45, 7) is 0. The van der Waals surface area contributed by atoms with E-state index in [1.54, 1.807) is 24.5 Å². The zero-order valence-electron chi connectivity index (χ0n) is 10.9. The molecule has 0 unspecified atom stereocenters. The predicted octanol–water partition coefficient (Wildman–Crippen LogP) is 3.58. The number of hydrogen-bond acceptors (Lipinski definition) is 4. The zero-order valence-corrected chi connectivity index (χ0v) is 11.7. The molecule has 5 heteroatoms. The average molecular weight is 296 g/mol. The molecule has 0 saturated heterocycles. The lowest BCUT2D eigenvalue weighted by atomic mass is 10.1. The summed E-state index contributed by atoms with van der Waals surface area (Å²) < 4.78 is 0. The lowest BCUT2D eigenvalue weighted by Crippen LogP contribution is -1.94. The third-order valence-electron chi connectivity index (χ3n) is 2.93. The maximum atomic E-state index is 11.2. The zero-order chi connectivity index (χ0) is 14.7. The Bertz CT molecular complexity index is 790. The van der Waals surface area contributed by atoms with E-state index in [4.69, 9.17) is 11.6 Å². The van der Waals surface area contributed by atoms with Crippen LogP contribution in [0.1, 0.15) is 10.4 Å². The van der Waals surface area contributed by atoms with Crippen LogP contribution in [0.4, 0.5) is 0 Å². The Hall–Kier alpha value is -2.59. The highest BCUT2D eigenvalue weighted by Gasteiger charge is 2.08. The van der Waals surface area contributed by atoms with E-state index in [0.29, 0.717) is 17.0 Å². The van der Waals surface area contributed by atoms with E-state index in [1.165, 1.54) is 0 Å². The Morgan fingerprint density at radius 2 is 1.52 bits per heavy atom. The second kappa shape index (κ2) is 5.81. The first kappa shape index (κ1) is 13.4. The van der Waals surface area contributed by atoms with Gasteiger partial charge in [0.05, 0.1) is 22.8 Å². The van der Waals surface area contributed by atoms with Crippen LogP contribution in [0.2, 0.25) is 0 Å². The van der Waals surface area contributed by atoms with Crippen molar-refractivity contribution in [3.63, 3.8) is 0 Å². The van der Waals surface area contributed by atoms with E-state index in [2.05, 4.69) is 15.0 Å². The maximum Gasteiger partial charge on any atom is 0.252 e. The highest BCUT2D eigenvalue weighted by molar-refractivity contribution is 6.67. The smallest absolute Gasteiger partial charge is 0.252 e. The number of hydrogen-bond donors (Lipinski definition) is 0. The second-order valence-corrected chi connectivity index (χ2v) is 4.67. The van der Waals surface area contributed by atoms with Crippen LogP contribution in [-0.4, -0.2) is 20.2 Å². The first-order valence-electron chi connectivity index (χ1n) is 6.29. The molecule has 0 saturated carbocycles. The molecule has 0 radical (unpaired) electrons. The van der Waals surface area contributed by atoms with Gasteiger partial charge in [-0.05, 0) is 48.0 Å². The third kappa shape index (κ3) is 2.95. The molecule has 0 aliphatic carbocycles. The SMILES string of the molecule is O=C(Cl)c1ccnc(-c2cccc(-c3ccccn3)n2)c1. The van der Waals surface area contributed by atoms with Gasteiger partial charge in [0.25, 0.3) is 5.24 Å². The number of carbonyl (C=O) groups is 1. The van der Waals surface area contributed by atoms with Crippen LogP contribution in [0.15, 0.2) is 60.9 Å². The van der Waals surface area contributed by atoms with Gasteiger partial charge in [0.2, 0.25) is 0 Å². The number of pyridine rings is 3. The monoisotopic (exact) mass is 295 g/mol. The van der Waals surface area contributed by atoms with Crippen molar-refractivity contribution in [2.75, 3.05) is 0 Å². The normalized spacial score (nSPS) is 10.3. The summed E-state index contributed by atoms with van der Waals surface area (Å²) in [4.78, 5) is 24.3. The van der Waals surface area contributed by atoms with Gasteiger partial charge in [0.15, 0.2) is 0 Å². The van der Waals surface area contributed by atoms with Gasteiger partial charge < -0.3 is 0 Å². The van der Waals surface area contributed by atoms with E-state index in [9.17, 15) is 4.79 Å². The van der Waals surface area contributed by atoms with Gasteiger partial charge in [-0.1, -0.05) is 12.1 Å². The van der Waals surface area contributed by atoms with Crippen molar-refractivity contribution in [1.29, 1.82) is 0 Å². The molecule has 4 nitrogen and oxygen atoms in total. The van der Waals surface area contributed by atoms with Crippen LogP contribution in [0.5, 0.6) is 0 Å². The molecule has 0 fully saturated rings. The van der Waals surface area contributed by atoms with Crippen molar-refractivity contribution >= 4 is 16.8 Å². The van der Waals surface area contributed by atoms with Gasteiger partial charge in [0.1, 0.15) is 0 Å². The van der Waals surface area contributed by atoms with Crippen molar-refractivity contribution in [2.24, 2.45) is 0 Å². The summed E-state index contributed by atoms with van der Waals surface area (Å²) in [5, 5.41) is -0.514. The van der Waals surface area contributed by atoms with E-state index in [1.807, 2.05) is 36.4 Å². The summed E-state index contributed by atoms with van der Waals surface area (Å²) in [7, 11) is 0. The fourth-order valence-corrected chi connectivity index (χ4v) is 2.04. The molecule has 102 valence electrons. The molecule has 3 aromatic heterocycles. The molecule has 0 atom stereocenters. The van der Waals surface area contributed by atoms with Gasteiger partial charge in [-0.25, -0.2) is 4.98 Å². The van der Waals surface area contributed by atoms with Crippen LogP contribution in [-0.2, 0) is 0 Å². The first-order valence-corrected chi connectivity index (χ1v) is 6.66. The fourth-order valence-electron chi connectivity index (χ4n) is 1.93. The predicted molar refractivity (Wildman–Crippen MR) is 80.9 cm³/mol. The minimum absolute atomic E-state index is 0.395. The van der Waals surface area contributed by atoms with Crippen molar-refractivity contribution < 1.29 is 4.79 Å². The third-order valence-corrected chi connectivity index (χ3v) is 3.14. The highest BCUT2D eigenvalue weighted by atomic mass is 35.5. The first-order chi connectivity index (χ1) is 10.2. The molecule has 21 heavy (non-hydrogen) atoms. The summed E-state index contributed by atoms with van der Waals surface area (Å²) in [6.07, 6.45) is 3.26. The van der Waals surface area contributed by atoms with Gasteiger partial charge in [-0.15, -0.1) is 0 Å². The Morgan fingerprint density at radius 1 is 0.810 bits per heavy atom. The van der Waals surface area contributed by atoms with Crippen LogP contribution in [0, 0.1) is 0 Å². The molecular formula is C16H10ClN3O. The van der Waals surface area contributed by atoms with Crippen LogP contribution in [0.25, 0.3) is 22.8 Å².